The monoisotopic (exact) mass is 361 g/mol. The molecule has 144 valence electrons. The number of benzene rings is 1. The summed E-state index contributed by atoms with van der Waals surface area (Å²) < 4.78 is 11.5. The second-order valence-electron chi connectivity index (χ2n) is 7.01. The number of unbranched alkanes of at least 4 members (excludes halogenated alkanes) is 1. The third-order valence-corrected chi connectivity index (χ3v) is 4.57. The van der Waals surface area contributed by atoms with Crippen LogP contribution in [0.5, 0.6) is 0 Å². The summed E-state index contributed by atoms with van der Waals surface area (Å²) in [6, 6.07) is 10.1. The van der Waals surface area contributed by atoms with E-state index in [1.165, 1.54) is 5.56 Å². The average molecular weight is 361 g/mol. The number of allylic oxidation sites excluding steroid dienone is 1. The normalized spacial score (nSPS) is 19.8. The lowest BCUT2D eigenvalue weighted by Crippen LogP contribution is -2.35. The van der Waals surface area contributed by atoms with E-state index in [0.29, 0.717) is 31.2 Å². The fraction of sp³-hybridized carbons (Fsp3) is 0.571. The Kier molecular flexibility index (Phi) is 8.65. The van der Waals surface area contributed by atoms with Crippen LogP contribution in [-0.2, 0) is 20.7 Å². The van der Waals surface area contributed by atoms with Crippen molar-refractivity contribution >= 4 is 5.91 Å². The number of rotatable bonds is 10. The smallest absolute Gasteiger partial charge is 0.286 e. The van der Waals surface area contributed by atoms with Crippen LogP contribution in [-0.4, -0.2) is 37.1 Å². The largest absolute Gasteiger partial charge is 0.459 e. The van der Waals surface area contributed by atoms with E-state index in [0.717, 1.165) is 19.3 Å². The van der Waals surface area contributed by atoms with Crippen LogP contribution >= 0.6 is 0 Å². The Morgan fingerprint density at radius 3 is 2.77 bits per heavy atom. The van der Waals surface area contributed by atoms with Crippen LogP contribution in [0.15, 0.2) is 42.2 Å². The summed E-state index contributed by atoms with van der Waals surface area (Å²) in [5.41, 5.74) is 1.19. The van der Waals surface area contributed by atoms with Gasteiger partial charge in [0, 0.05) is 19.6 Å². The average Bonchev–Trinajstić information content (AvgIpc) is 2.65. The van der Waals surface area contributed by atoms with Crippen molar-refractivity contribution in [2.45, 2.75) is 45.8 Å². The highest BCUT2D eigenvalue weighted by atomic mass is 16.7. The summed E-state index contributed by atoms with van der Waals surface area (Å²) in [5.74, 6) is 0.835. The maximum Gasteiger partial charge on any atom is 0.286 e. The van der Waals surface area contributed by atoms with E-state index in [9.17, 15) is 4.79 Å². The highest BCUT2D eigenvalue weighted by molar-refractivity contribution is 5.91. The van der Waals surface area contributed by atoms with Crippen LogP contribution in [0.25, 0.3) is 0 Å². The summed E-state index contributed by atoms with van der Waals surface area (Å²) in [6.45, 7) is 5.54. The molecule has 0 radical (unpaired) electrons. The summed E-state index contributed by atoms with van der Waals surface area (Å²) in [7, 11) is 0. The summed E-state index contributed by atoms with van der Waals surface area (Å²) in [6.07, 6.45) is 4.55. The summed E-state index contributed by atoms with van der Waals surface area (Å²) >= 11 is 0. The minimum atomic E-state index is -0.402. The van der Waals surface area contributed by atoms with Crippen molar-refractivity contribution in [2.75, 3.05) is 19.8 Å². The highest BCUT2D eigenvalue weighted by Crippen LogP contribution is 2.28. The second-order valence-corrected chi connectivity index (χ2v) is 7.01. The fourth-order valence-corrected chi connectivity index (χ4v) is 2.89. The first-order valence-corrected chi connectivity index (χ1v) is 9.53. The molecule has 1 aromatic carbocycles. The predicted molar refractivity (Wildman–Crippen MR) is 101 cm³/mol. The van der Waals surface area contributed by atoms with E-state index in [4.69, 9.17) is 14.6 Å². The second kappa shape index (κ2) is 11.0. The lowest BCUT2D eigenvalue weighted by atomic mass is 9.90. The van der Waals surface area contributed by atoms with Gasteiger partial charge in [-0.1, -0.05) is 44.2 Å². The number of hydrogen-bond acceptors (Lipinski definition) is 4. The van der Waals surface area contributed by atoms with Crippen LogP contribution in [0, 0.1) is 11.8 Å². The maximum absolute atomic E-state index is 12.5. The molecule has 0 fully saturated rings. The number of carbonyl (C=O) groups is 1. The van der Waals surface area contributed by atoms with Gasteiger partial charge < -0.3 is 19.9 Å². The molecule has 5 heteroatoms. The topological polar surface area (TPSA) is 67.8 Å². The molecular formula is C21H31NO4. The van der Waals surface area contributed by atoms with Crippen LogP contribution < -0.4 is 5.32 Å². The van der Waals surface area contributed by atoms with Crippen molar-refractivity contribution in [3.8, 4) is 0 Å². The number of amides is 1. The zero-order valence-electron chi connectivity index (χ0n) is 15.8. The molecular weight excluding hydrogens is 330 g/mol. The van der Waals surface area contributed by atoms with Gasteiger partial charge in [0.2, 0.25) is 6.29 Å². The van der Waals surface area contributed by atoms with Gasteiger partial charge in [-0.25, -0.2) is 0 Å². The molecule has 2 rings (SSSR count). The number of aliphatic hydroxyl groups is 1. The Hall–Kier alpha value is -1.85. The van der Waals surface area contributed by atoms with Crippen LogP contribution in [0.4, 0.5) is 0 Å². The number of aliphatic hydroxyl groups excluding tert-OH is 1. The minimum absolute atomic E-state index is 0.165. The molecule has 0 unspecified atom stereocenters. The highest BCUT2D eigenvalue weighted by Gasteiger charge is 2.29. The number of carbonyl (C=O) groups excluding carboxylic acids is 1. The number of ether oxygens (including phenoxy) is 2. The molecule has 5 nitrogen and oxygen atoms in total. The Labute approximate surface area is 156 Å². The Morgan fingerprint density at radius 1 is 1.31 bits per heavy atom. The summed E-state index contributed by atoms with van der Waals surface area (Å²) in [4.78, 5) is 12.5. The van der Waals surface area contributed by atoms with E-state index in [1.807, 2.05) is 36.4 Å². The quantitative estimate of drug-likeness (QED) is 0.629. The van der Waals surface area contributed by atoms with Crippen molar-refractivity contribution in [2.24, 2.45) is 11.8 Å². The zero-order valence-corrected chi connectivity index (χ0v) is 15.8. The van der Waals surface area contributed by atoms with Crippen LogP contribution in [0.3, 0.4) is 0 Å². The van der Waals surface area contributed by atoms with Gasteiger partial charge in [0.05, 0.1) is 6.61 Å². The van der Waals surface area contributed by atoms with Crippen LogP contribution in [0.2, 0.25) is 0 Å². The fourth-order valence-electron chi connectivity index (χ4n) is 2.89. The van der Waals surface area contributed by atoms with Gasteiger partial charge in [0.1, 0.15) is 0 Å². The Morgan fingerprint density at radius 2 is 2.08 bits per heavy atom. The molecule has 2 atom stereocenters. The molecule has 1 aliphatic rings. The molecule has 1 amide bonds. The predicted octanol–water partition coefficient (Wildman–Crippen LogP) is 3.04. The number of nitrogens with one attached hydrogen (secondary N) is 1. The van der Waals surface area contributed by atoms with E-state index in [-0.39, 0.29) is 18.4 Å². The lowest BCUT2D eigenvalue weighted by Gasteiger charge is -2.30. The molecule has 1 heterocycles. The van der Waals surface area contributed by atoms with Gasteiger partial charge in [0.15, 0.2) is 5.76 Å². The molecule has 1 aromatic rings. The molecule has 0 saturated carbocycles. The van der Waals surface area contributed by atoms with Gasteiger partial charge in [-0.05, 0) is 42.7 Å². The molecule has 0 aromatic heterocycles. The first kappa shape index (κ1) is 20.5. The van der Waals surface area contributed by atoms with Crippen molar-refractivity contribution in [3.63, 3.8) is 0 Å². The van der Waals surface area contributed by atoms with Crippen molar-refractivity contribution < 1.29 is 19.4 Å². The molecule has 26 heavy (non-hydrogen) atoms. The van der Waals surface area contributed by atoms with E-state index in [1.54, 1.807) is 0 Å². The van der Waals surface area contributed by atoms with Gasteiger partial charge in [-0.2, -0.15) is 0 Å². The molecule has 1 aliphatic heterocycles. The van der Waals surface area contributed by atoms with E-state index < -0.39 is 6.29 Å². The first-order valence-electron chi connectivity index (χ1n) is 9.53. The van der Waals surface area contributed by atoms with Gasteiger partial charge in [0.25, 0.3) is 5.91 Å². The Balaban J connectivity index is 1.86. The van der Waals surface area contributed by atoms with Crippen molar-refractivity contribution in [3.05, 3.63) is 47.7 Å². The van der Waals surface area contributed by atoms with Crippen molar-refractivity contribution in [1.82, 2.24) is 5.32 Å². The molecule has 0 aliphatic carbocycles. The third-order valence-electron chi connectivity index (χ3n) is 4.57. The third kappa shape index (κ3) is 6.81. The van der Waals surface area contributed by atoms with Crippen molar-refractivity contribution in [1.29, 1.82) is 0 Å². The van der Waals surface area contributed by atoms with E-state index >= 15 is 0 Å². The summed E-state index contributed by atoms with van der Waals surface area (Å²) in [5, 5.41) is 11.8. The number of hydrogen-bond donors (Lipinski definition) is 2. The van der Waals surface area contributed by atoms with Gasteiger partial charge in [-0.15, -0.1) is 0 Å². The van der Waals surface area contributed by atoms with Crippen LogP contribution in [0.1, 0.15) is 38.7 Å². The molecule has 2 N–H and O–H groups in total. The minimum Gasteiger partial charge on any atom is -0.459 e. The van der Waals surface area contributed by atoms with Gasteiger partial charge in [-0.3, -0.25) is 4.79 Å². The standard InChI is InChI=1S/C21H31NO4/c1-16(2)18-14-19(26-20(15-18)25-13-7-6-12-23)21(24)22-11-10-17-8-4-3-5-9-17/h3-5,8-9,14,16,18,20,23H,6-7,10-13,15H2,1-2H3,(H,22,24)/t18-,20+/m0/s1. The lowest BCUT2D eigenvalue weighted by molar-refractivity contribution is -0.150. The molecule has 0 spiro atoms. The first-order chi connectivity index (χ1) is 12.6. The zero-order chi connectivity index (χ0) is 18.8. The SMILES string of the molecule is CC(C)[C@H]1C=C(C(=O)NCCc2ccccc2)O[C@@H](OCCCCO)C1. The Bertz CT molecular complexity index is 571. The van der Waals surface area contributed by atoms with Gasteiger partial charge >= 0.3 is 0 Å². The maximum atomic E-state index is 12.5. The molecule has 0 saturated heterocycles. The van der Waals surface area contributed by atoms with E-state index in [2.05, 4.69) is 19.2 Å². The molecule has 0 bridgehead atoms.